The Morgan fingerprint density at radius 3 is 3.00 bits per heavy atom. The van der Waals surface area contributed by atoms with Gasteiger partial charge >= 0.3 is 0 Å². The maximum absolute atomic E-state index is 8.96. The highest BCUT2D eigenvalue weighted by atomic mass is 32.2. The molecule has 0 spiro atoms. The van der Waals surface area contributed by atoms with Crippen molar-refractivity contribution in [1.29, 1.82) is 5.26 Å². The number of nitrogens with one attached hydrogen (secondary N) is 1. The van der Waals surface area contributed by atoms with Gasteiger partial charge in [0.2, 0.25) is 0 Å². The lowest BCUT2D eigenvalue weighted by molar-refractivity contribution is 1.06. The molecule has 5 nitrogen and oxygen atoms in total. The van der Waals surface area contributed by atoms with E-state index < -0.39 is 0 Å². The number of pyridine rings is 1. The van der Waals surface area contributed by atoms with Crippen molar-refractivity contribution in [3.05, 3.63) is 41.6 Å². The minimum Gasteiger partial charge on any atom is -0.395 e. The van der Waals surface area contributed by atoms with Crippen LogP contribution in [-0.4, -0.2) is 15.0 Å². The molecule has 0 unspecified atom stereocenters. The van der Waals surface area contributed by atoms with Gasteiger partial charge in [0.1, 0.15) is 11.1 Å². The van der Waals surface area contributed by atoms with Crippen molar-refractivity contribution in [2.24, 2.45) is 0 Å². The van der Waals surface area contributed by atoms with Gasteiger partial charge in [-0.1, -0.05) is 6.07 Å². The van der Waals surface area contributed by atoms with Crippen molar-refractivity contribution in [2.45, 2.75) is 17.1 Å². The van der Waals surface area contributed by atoms with Crippen LogP contribution < -0.4 is 5.73 Å². The number of aromatic amines is 1. The summed E-state index contributed by atoms with van der Waals surface area (Å²) in [6.07, 6.45) is 1.57. The van der Waals surface area contributed by atoms with E-state index in [1.54, 1.807) is 12.3 Å². The first-order valence-corrected chi connectivity index (χ1v) is 6.78. The fourth-order valence-electron chi connectivity index (χ4n) is 1.87. The minimum atomic E-state index is 0.386. The number of H-pyrrole nitrogens is 1. The lowest BCUT2D eigenvalue weighted by Crippen LogP contribution is -1.95. The van der Waals surface area contributed by atoms with Crippen LogP contribution in [0.5, 0.6) is 0 Å². The number of nitrogens with two attached hydrogens (primary N) is 1. The molecule has 0 aliphatic rings. The van der Waals surface area contributed by atoms with Gasteiger partial charge in [0.05, 0.1) is 22.3 Å². The zero-order valence-electron chi connectivity index (χ0n) is 10.7. The maximum Gasteiger partial charge on any atom is 0.172 e. The lowest BCUT2D eigenvalue weighted by atomic mass is 10.2. The number of benzene rings is 1. The van der Waals surface area contributed by atoms with Gasteiger partial charge in [0.25, 0.3) is 0 Å². The van der Waals surface area contributed by atoms with Gasteiger partial charge in [-0.3, -0.25) is 0 Å². The van der Waals surface area contributed by atoms with Crippen molar-refractivity contribution in [3.8, 4) is 6.07 Å². The van der Waals surface area contributed by atoms with Crippen molar-refractivity contribution in [3.63, 3.8) is 0 Å². The van der Waals surface area contributed by atoms with Crippen LogP contribution >= 0.6 is 11.8 Å². The fraction of sp³-hybridized carbons (Fsp3) is 0.0714. The van der Waals surface area contributed by atoms with E-state index in [0.29, 0.717) is 21.4 Å². The number of imidazole rings is 1. The van der Waals surface area contributed by atoms with Gasteiger partial charge < -0.3 is 10.7 Å². The third-order valence-corrected chi connectivity index (χ3v) is 3.79. The molecule has 20 heavy (non-hydrogen) atoms. The summed E-state index contributed by atoms with van der Waals surface area (Å²) in [5, 5.41) is 10.3. The van der Waals surface area contributed by atoms with E-state index >= 15 is 0 Å². The molecule has 0 aliphatic carbocycles. The Kier molecular flexibility index (Phi) is 3.05. The molecule has 98 valence electrons. The number of anilines is 1. The summed E-state index contributed by atoms with van der Waals surface area (Å²) in [4.78, 5) is 11.9. The SMILES string of the molecule is Cc1ccc2nc(Sc3nccc(C#N)c3N)[nH]c2c1. The van der Waals surface area contributed by atoms with Gasteiger partial charge in [-0.25, -0.2) is 9.97 Å². The number of aromatic nitrogens is 3. The number of nitrogen functional groups attached to an aromatic ring is 1. The van der Waals surface area contributed by atoms with E-state index in [9.17, 15) is 0 Å². The van der Waals surface area contributed by atoms with Gasteiger partial charge in [0.15, 0.2) is 5.16 Å². The third kappa shape index (κ3) is 2.19. The maximum atomic E-state index is 8.96. The Bertz CT molecular complexity index is 831. The van der Waals surface area contributed by atoms with Crippen molar-refractivity contribution in [1.82, 2.24) is 15.0 Å². The van der Waals surface area contributed by atoms with Gasteiger partial charge in [-0.05, 0) is 42.4 Å². The molecule has 2 aromatic heterocycles. The van der Waals surface area contributed by atoms with E-state index in [0.717, 1.165) is 11.0 Å². The number of hydrogen-bond donors (Lipinski definition) is 2. The Morgan fingerprint density at radius 2 is 2.20 bits per heavy atom. The molecule has 0 saturated carbocycles. The van der Waals surface area contributed by atoms with Crippen LogP contribution in [0.1, 0.15) is 11.1 Å². The lowest BCUT2D eigenvalue weighted by Gasteiger charge is -2.02. The monoisotopic (exact) mass is 281 g/mol. The number of fused-ring (bicyclic) bond motifs is 1. The summed E-state index contributed by atoms with van der Waals surface area (Å²) in [6, 6.07) is 9.66. The summed E-state index contributed by atoms with van der Waals surface area (Å²) < 4.78 is 0. The molecule has 0 radical (unpaired) electrons. The number of nitrogens with zero attached hydrogens (tertiary/aromatic N) is 3. The first kappa shape index (κ1) is 12.5. The molecule has 0 atom stereocenters. The van der Waals surface area contributed by atoms with Crippen molar-refractivity contribution < 1.29 is 0 Å². The average Bonchev–Trinajstić information content (AvgIpc) is 2.82. The first-order valence-electron chi connectivity index (χ1n) is 5.96. The summed E-state index contributed by atoms with van der Waals surface area (Å²) >= 11 is 1.32. The van der Waals surface area contributed by atoms with Gasteiger partial charge in [0, 0.05) is 6.20 Å². The van der Waals surface area contributed by atoms with Gasteiger partial charge in [-0.15, -0.1) is 0 Å². The Balaban J connectivity index is 1.99. The van der Waals surface area contributed by atoms with E-state index in [2.05, 4.69) is 15.0 Å². The second kappa shape index (κ2) is 4.87. The number of aryl methyl sites for hydroxylation is 1. The zero-order valence-corrected chi connectivity index (χ0v) is 11.5. The summed E-state index contributed by atoms with van der Waals surface area (Å²) in [5.41, 5.74) is 9.76. The molecule has 6 heteroatoms. The number of nitriles is 1. The molecular formula is C14H11N5S. The molecule has 2 heterocycles. The molecule has 3 N–H and O–H groups in total. The normalized spacial score (nSPS) is 10.6. The first-order chi connectivity index (χ1) is 9.67. The number of hydrogen-bond acceptors (Lipinski definition) is 5. The third-order valence-electron chi connectivity index (χ3n) is 2.88. The molecule has 3 aromatic rings. The van der Waals surface area contributed by atoms with Crippen LogP contribution in [0.2, 0.25) is 0 Å². The summed E-state index contributed by atoms with van der Waals surface area (Å²) in [5.74, 6) is 0. The van der Waals surface area contributed by atoms with E-state index in [1.807, 2.05) is 31.2 Å². The predicted octanol–water partition coefficient (Wildman–Crippen LogP) is 2.87. The Hall–Kier alpha value is -2.52. The molecule has 1 aromatic carbocycles. The van der Waals surface area contributed by atoms with Crippen molar-refractivity contribution >= 4 is 28.5 Å². The highest BCUT2D eigenvalue weighted by molar-refractivity contribution is 7.99. The Labute approximate surface area is 119 Å². The summed E-state index contributed by atoms with van der Waals surface area (Å²) in [6.45, 7) is 2.03. The van der Waals surface area contributed by atoms with Crippen LogP contribution in [0.15, 0.2) is 40.6 Å². The van der Waals surface area contributed by atoms with Crippen LogP contribution in [0, 0.1) is 18.3 Å². The topological polar surface area (TPSA) is 91.4 Å². The standard InChI is InChI=1S/C14H11N5S/c1-8-2-3-10-11(6-8)19-14(18-10)20-13-12(16)9(7-15)4-5-17-13/h2-6H,16H2,1H3,(H,18,19). The predicted molar refractivity (Wildman–Crippen MR) is 78.3 cm³/mol. The molecule has 0 bridgehead atoms. The average molecular weight is 281 g/mol. The highest BCUT2D eigenvalue weighted by Gasteiger charge is 2.10. The van der Waals surface area contributed by atoms with E-state index in [4.69, 9.17) is 11.0 Å². The number of rotatable bonds is 2. The molecule has 0 saturated heterocycles. The van der Waals surface area contributed by atoms with Gasteiger partial charge in [-0.2, -0.15) is 5.26 Å². The van der Waals surface area contributed by atoms with E-state index in [1.165, 1.54) is 17.3 Å². The summed E-state index contributed by atoms with van der Waals surface area (Å²) in [7, 11) is 0. The van der Waals surface area contributed by atoms with Crippen LogP contribution in [0.4, 0.5) is 5.69 Å². The highest BCUT2D eigenvalue weighted by Crippen LogP contribution is 2.31. The smallest absolute Gasteiger partial charge is 0.172 e. The largest absolute Gasteiger partial charge is 0.395 e. The van der Waals surface area contributed by atoms with Crippen LogP contribution in [-0.2, 0) is 0 Å². The van der Waals surface area contributed by atoms with Crippen molar-refractivity contribution in [2.75, 3.05) is 5.73 Å². The van der Waals surface area contributed by atoms with E-state index in [-0.39, 0.29) is 0 Å². The second-order valence-electron chi connectivity index (χ2n) is 4.35. The van der Waals surface area contributed by atoms with Crippen LogP contribution in [0.25, 0.3) is 11.0 Å². The zero-order chi connectivity index (χ0) is 14.1. The quantitative estimate of drug-likeness (QED) is 0.753. The molecule has 0 aliphatic heterocycles. The molecular weight excluding hydrogens is 270 g/mol. The Morgan fingerprint density at radius 1 is 1.35 bits per heavy atom. The fourth-order valence-corrected chi connectivity index (χ4v) is 2.69. The second-order valence-corrected chi connectivity index (χ2v) is 5.33. The van der Waals surface area contributed by atoms with Crippen LogP contribution in [0.3, 0.4) is 0 Å². The minimum absolute atomic E-state index is 0.386. The molecule has 0 amide bonds. The molecule has 3 rings (SSSR count). The molecule has 0 fully saturated rings.